The highest BCUT2D eigenvalue weighted by Gasteiger charge is 2.36. The van der Waals surface area contributed by atoms with E-state index in [0.717, 1.165) is 22.5 Å². The van der Waals surface area contributed by atoms with Crippen LogP contribution in [0.1, 0.15) is 37.3 Å². The minimum absolute atomic E-state index is 0.0595. The molecule has 0 spiro atoms. The lowest BCUT2D eigenvalue weighted by Gasteiger charge is -2.22. The molecule has 1 saturated heterocycles. The standard InChI is InChI=1S/C23H26N2O4/c1-14(2)18-6-4-5-15(3)22(18)24-23(27)16-11-21(26)25(13-16)17-7-8-19-20(12-17)29-10-9-28-19/h4-8,12,14,16H,9-11,13H2,1-3H3,(H,24,27)/t16-/m1/s1. The number of fused-ring (bicyclic) bond motifs is 1. The lowest BCUT2D eigenvalue weighted by molar-refractivity contribution is -0.122. The van der Waals surface area contributed by atoms with Crippen LogP contribution < -0.4 is 19.7 Å². The Bertz CT molecular complexity index is 954. The molecule has 152 valence electrons. The van der Waals surface area contributed by atoms with Gasteiger partial charge in [-0.05, 0) is 36.1 Å². The van der Waals surface area contributed by atoms with Gasteiger partial charge in [0.1, 0.15) is 13.2 Å². The van der Waals surface area contributed by atoms with Crippen LogP contribution in [0.15, 0.2) is 36.4 Å². The molecule has 2 aromatic carbocycles. The highest BCUT2D eigenvalue weighted by atomic mass is 16.6. The Morgan fingerprint density at radius 1 is 1.14 bits per heavy atom. The third-order valence-electron chi connectivity index (χ3n) is 5.51. The summed E-state index contributed by atoms with van der Waals surface area (Å²) in [5.74, 6) is 1.04. The molecular formula is C23H26N2O4. The molecule has 6 nitrogen and oxygen atoms in total. The Hall–Kier alpha value is -3.02. The van der Waals surface area contributed by atoms with E-state index < -0.39 is 5.92 Å². The van der Waals surface area contributed by atoms with Gasteiger partial charge in [-0.2, -0.15) is 0 Å². The average Bonchev–Trinajstić information content (AvgIpc) is 3.10. The molecule has 0 bridgehead atoms. The van der Waals surface area contributed by atoms with Crippen molar-refractivity contribution in [1.82, 2.24) is 0 Å². The number of anilines is 2. The monoisotopic (exact) mass is 394 g/mol. The maximum Gasteiger partial charge on any atom is 0.229 e. The molecule has 0 saturated carbocycles. The maximum absolute atomic E-state index is 13.0. The Balaban J connectivity index is 1.51. The summed E-state index contributed by atoms with van der Waals surface area (Å²) in [6.07, 6.45) is 0.198. The number of amides is 2. The molecule has 2 amide bonds. The topological polar surface area (TPSA) is 67.9 Å². The molecule has 0 unspecified atom stereocenters. The lowest BCUT2D eigenvalue weighted by Crippen LogP contribution is -2.28. The molecule has 2 aliphatic heterocycles. The second kappa shape index (κ2) is 7.78. The summed E-state index contributed by atoms with van der Waals surface area (Å²) in [7, 11) is 0. The van der Waals surface area contributed by atoms with E-state index >= 15 is 0 Å². The van der Waals surface area contributed by atoms with Crippen LogP contribution in [-0.4, -0.2) is 31.6 Å². The van der Waals surface area contributed by atoms with Crippen LogP contribution in [0.2, 0.25) is 0 Å². The van der Waals surface area contributed by atoms with Crippen molar-refractivity contribution in [1.29, 1.82) is 0 Å². The van der Waals surface area contributed by atoms with E-state index in [2.05, 4.69) is 19.2 Å². The molecule has 6 heteroatoms. The summed E-state index contributed by atoms with van der Waals surface area (Å²) in [6, 6.07) is 11.5. The van der Waals surface area contributed by atoms with E-state index in [0.29, 0.717) is 37.2 Å². The van der Waals surface area contributed by atoms with Crippen LogP contribution in [0, 0.1) is 12.8 Å². The van der Waals surface area contributed by atoms with Gasteiger partial charge < -0.3 is 19.7 Å². The summed E-state index contributed by atoms with van der Waals surface area (Å²) in [5, 5.41) is 3.08. The van der Waals surface area contributed by atoms with Gasteiger partial charge in [0, 0.05) is 30.4 Å². The number of carbonyl (C=O) groups is 2. The van der Waals surface area contributed by atoms with Crippen LogP contribution in [-0.2, 0) is 9.59 Å². The second-order valence-electron chi connectivity index (χ2n) is 7.92. The highest BCUT2D eigenvalue weighted by Crippen LogP contribution is 2.36. The van der Waals surface area contributed by atoms with Crippen LogP contribution in [0.3, 0.4) is 0 Å². The quantitative estimate of drug-likeness (QED) is 0.855. The third-order valence-corrected chi connectivity index (χ3v) is 5.51. The van der Waals surface area contributed by atoms with Crippen molar-refractivity contribution in [2.75, 3.05) is 30.0 Å². The normalized spacial score (nSPS) is 18.3. The number of aryl methyl sites for hydroxylation is 1. The lowest BCUT2D eigenvalue weighted by atomic mass is 9.97. The van der Waals surface area contributed by atoms with Crippen molar-refractivity contribution in [2.45, 2.75) is 33.1 Å². The molecule has 0 aliphatic carbocycles. The molecule has 2 heterocycles. The maximum atomic E-state index is 13.0. The fourth-order valence-electron chi connectivity index (χ4n) is 3.90. The van der Waals surface area contributed by atoms with Crippen molar-refractivity contribution in [2.24, 2.45) is 5.92 Å². The minimum atomic E-state index is -0.393. The summed E-state index contributed by atoms with van der Waals surface area (Å²) >= 11 is 0. The van der Waals surface area contributed by atoms with Crippen molar-refractivity contribution in [3.05, 3.63) is 47.5 Å². The van der Waals surface area contributed by atoms with Gasteiger partial charge in [0.2, 0.25) is 11.8 Å². The Morgan fingerprint density at radius 2 is 1.90 bits per heavy atom. The minimum Gasteiger partial charge on any atom is -0.486 e. The number of nitrogens with zero attached hydrogens (tertiary/aromatic N) is 1. The SMILES string of the molecule is Cc1cccc(C(C)C)c1NC(=O)[C@@H]1CC(=O)N(c2ccc3c(c2)OCCO3)C1. The smallest absolute Gasteiger partial charge is 0.229 e. The van der Waals surface area contributed by atoms with Gasteiger partial charge >= 0.3 is 0 Å². The first-order valence-electron chi connectivity index (χ1n) is 10.0. The molecule has 1 fully saturated rings. The van der Waals surface area contributed by atoms with Crippen LogP contribution in [0.5, 0.6) is 11.5 Å². The number of para-hydroxylation sites is 1. The number of hydrogen-bond acceptors (Lipinski definition) is 4. The van der Waals surface area contributed by atoms with Gasteiger partial charge in [-0.25, -0.2) is 0 Å². The third kappa shape index (κ3) is 3.79. The van der Waals surface area contributed by atoms with Crippen molar-refractivity contribution in [3.63, 3.8) is 0 Å². The first-order valence-corrected chi connectivity index (χ1v) is 10.0. The van der Waals surface area contributed by atoms with Crippen molar-refractivity contribution in [3.8, 4) is 11.5 Å². The van der Waals surface area contributed by atoms with Gasteiger partial charge in [-0.3, -0.25) is 9.59 Å². The number of nitrogens with one attached hydrogen (secondary N) is 1. The number of ether oxygens (including phenoxy) is 2. The average molecular weight is 394 g/mol. The summed E-state index contributed by atoms with van der Waals surface area (Å²) in [5.41, 5.74) is 3.72. The molecule has 2 aliphatic rings. The Morgan fingerprint density at radius 3 is 2.66 bits per heavy atom. The number of hydrogen-bond donors (Lipinski definition) is 1. The zero-order chi connectivity index (χ0) is 20.5. The molecule has 29 heavy (non-hydrogen) atoms. The largest absolute Gasteiger partial charge is 0.486 e. The molecule has 0 aromatic heterocycles. The van der Waals surface area contributed by atoms with E-state index in [1.54, 1.807) is 4.90 Å². The van der Waals surface area contributed by atoms with Gasteiger partial charge in [-0.1, -0.05) is 32.0 Å². The highest BCUT2D eigenvalue weighted by molar-refractivity contribution is 6.04. The number of carbonyl (C=O) groups excluding carboxylic acids is 2. The van der Waals surface area contributed by atoms with E-state index in [4.69, 9.17) is 9.47 Å². The summed E-state index contributed by atoms with van der Waals surface area (Å²) in [4.78, 5) is 27.2. The summed E-state index contributed by atoms with van der Waals surface area (Å²) < 4.78 is 11.2. The first kappa shape index (κ1) is 19.3. The van der Waals surface area contributed by atoms with E-state index in [9.17, 15) is 9.59 Å². The van der Waals surface area contributed by atoms with Gasteiger partial charge in [-0.15, -0.1) is 0 Å². The van der Waals surface area contributed by atoms with Crippen molar-refractivity contribution >= 4 is 23.2 Å². The molecule has 2 aromatic rings. The van der Waals surface area contributed by atoms with Crippen LogP contribution >= 0.6 is 0 Å². The van der Waals surface area contributed by atoms with Crippen molar-refractivity contribution < 1.29 is 19.1 Å². The molecule has 0 radical (unpaired) electrons. The zero-order valence-corrected chi connectivity index (χ0v) is 17.0. The van der Waals surface area contributed by atoms with E-state index in [-0.39, 0.29) is 18.2 Å². The van der Waals surface area contributed by atoms with E-state index in [1.807, 2.05) is 43.3 Å². The second-order valence-corrected chi connectivity index (χ2v) is 7.92. The van der Waals surface area contributed by atoms with Gasteiger partial charge in [0.05, 0.1) is 5.92 Å². The Labute approximate surface area is 170 Å². The zero-order valence-electron chi connectivity index (χ0n) is 17.0. The number of benzene rings is 2. The Kier molecular flexibility index (Phi) is 5.18. The predicted octanol–water partition coefficient (Wildman–Crippen LogP) is 3.88. The molecular weight excluding hydrogens is 368 g/mol. The van der Waals surface area contributed by atoms with Crippen LogP contribution in [0.4, 0.5) is 11.4 Å². The predicted molar refractivity (Wildman–Crippen MR) is 112 cm³/mol. The molecule has 1 N–H and O–H groups in total. The first-order chi connectivity index (χ1) is 13.9. The summed E-state index contributed by atoms with van der Waals surface area (Å²) in [6.45, 7) is 7.56. The number of rotatable bonds is 4. The van der Waals surface area contributed by atoms with E-state index in [1.165, 1.54) is 0 Å². The molecule has 4 rings (SSSR count). The molecule has 1 atom stereocenters. The van der Waals surface area contributed by atoms with Crippen LogP contribution in [0.25, 0.3) is 0 Å². The fraction of sp³-hybridized carbons (Fsp3) is 0.391. The van der Waals surface area contributed by atoms with Gasteiger partial charge in [0.25, 0.3) is 0 Å². The fourth-order valence-corrected chi connectivity index (χ4v) is 3.90. The van der Waals surface area contributed by atoms with Gasteiger partial charge in [0.15, 0.2) is 11.5 Å².